The van der Waals surface area contributed by atoms with Crippen LogP contribution in [0.4, 0.5) is 24.9 Å². The molecule has 612 valence electrons. The van der Waals surface area contributed by atoms with Crippen LogP contribution in [-0.4, -0.2) is 276 Å². The number of alkyl carbamates (subject to hydrolysis) is 3. The van der Waals surface area contributed by atoms with Crippen LogP contribution in [0.5, 0.6) is 5.75 Å². The standard InChI is InChI=1S/C22H38N2O12.C19H32N2O12.C8H9NO3.C6H11NO4.C4H9NO2.I3.I2.HI/c1-30-18(26)7-11-34-14-22(15-35-12-8-19(27)31-2,16-36-13-9-20(28)32-3)24-17(25)6-5-10-23-21(29)33-4;1-30-18(29)20-7-2-3-14(22)21-19(11-31-8-4-15(23)24,12-32-9-5-16(25)26)13-33-10-6-17(27)28;1-11-8(10)12-7-4-2-6(9)3-5-7;1-11-6(10)7-4-2-3-5(8)9;5-3-1-2-4(6)7;1-3-2;1-2;/h5-16H2,1-4H3,(H,23,29)(H,24,25);2-13H2,1H3,(H,20,29)(H,21,22)(H,23,24)(H,25,26)(H,27,28);2-5H,9H2,1H3;2-4H2,1H3,(H,7,10)(H,8,9);1-3,5H2,(H,6,7);;;1H/q;;;;;-1;;. The Bertz CT molecular complexity index is 2430. The first-order valence-corrected chi connectivity index (χ1v) is 49.4. The summed E-state index contributed by atoms with van der Waals surface area (Å²) < 4.78 is 68.9. The first-order chi connectivity index (χ1) is 49.4. The Morgan fingerprint density at radius 2 is 0.657 bits per heavy atom. The first-order valence-electron chi connectivity index (χ1n) is 30.5. The molecule has 0 bridgehead atoms. The van der Waals surface area contributed by atoms with Crippen molar-refractivity contribution in [3.63, 3.8) is 0 Å². The number of nitrogens with one attached hydrogen (secondary N) is 5. The number of carbonyl (C=O) groups excluding carboxylic acids is 9. The Kier molecular flexibility index (Phi) is 86.2. The van der Waals surface area contributed by atoms with Gasteiger partial charge in [0.15, 0.2) is 0 Å². The minimum atomic E-state index is -1.33. The predicted octanol–water partition coefficient (Wildman–Crippen LogP) is 1.76. The molecule has 46 heteroatoms. The molecule has 0 unspecified atom stereocenters. The number of hydrogen-bond acceptors (Lipinski definition) is 30. The van der Waals surface area contributed by atoms with E-state index < -0.39 is 89.2 Å². The van der Waals surface area contributed by atoms with Gasteiger partial charge in [0.25, 0.3) is 0 Å². The molecule has 0 aliphatic rings. The van der Waals surface area contributed by atoms with Gasteiger partial charge in [0.05, 0.1) is 168 Å². The van der Waals surface area contributed by atoms with Crippen LogP contribution in [0.15, 0.2) is 24.3 Å². The maximum Gasteiger partial charge on any atom is 0.303 e. The summed E-state index contributed by atoms with van der Waals surface area (Å²) in [6.45, 7) is -0.281. The van der Waals surface area contributed by atoms with E-state index in [0.717, 1.165) is 0 Å². The Labute approximate surface area is 678 Å². The van der Waals surface area contributed by atoms with Crippen molar-refractivity contribution in [3.8, 4) is 5.75 Å². The van der Waals surface area contributed by atoms with Crippen LogP contribution in [-0.2, 0) is 110 Å². The molecule has 0 fully saturated rings. The summed E-state index contributed by atoms with van der Waals surface area (Å²) in [5, 5.41) is 55.3. The zero-order valence-corrected chi connectivity index (χ0v) is 72.3. The molecule has 0 aromatic heterocycles. The fourth-order valence-corrected chi connectivity index (χ4v) is 6.49. The molecule has 1 aromatic rings. The summed E-state index contributed by atoms with van der Waals surface area (Å²) in [6, 6.07) is 6.45. The van der Waals surface area contributed by atoms with E-state index in [1.165, 1.54) is 49.8 Å². The van der Waals surface area contributed by atoms with E-state index in [4.69, 9.17) is 70.2 Å². The molecule has 0 aliphatic heterocycles. The maximum absolute atomic E-state index is 12.7. The summed E-state index contributed by atoms with van der Waals surface area (Å²) in [6.07, 6.45) is -1.52. The molecule has 0 atom stereocenters. The van der Waals surface area contributed by atoms with Gasteiger partial charge in [-0.1, -0.05) is 0 Å². The summed E-state index contributed by atoms with van der Waals surface area (Å²) >= 11 is 9.54. The average molecular weight is 2200 g/mol. The van der Waals surface area contributed by atoms with Crippen LogP contribution in [0.3, 0.4) is 0 Å². The number of aliphatic carboxylic acids is 5. The van der Waals surface area contributed by atoms with Crippen LogP contribution in [0.2, 0.25) is 0 Å². The third-order valence-corrected chi connectivity index (χ3v) is 11.4. The van der Waals surface area contributed by atoms with E-state index in [-0.39, 0.29) is 193 Å². The van der Waals surface area contributed by atoms with Crippen LogP contribution in [0.25, 0.3) is 0 Å². The minimum absolute atomic E-state index is 0. The molecule has 1 aromatic carbocycles. The molecule has 40 nitrogen and oxygen atoms in total. The van der Waals surface area contributed by atoms with Gasteiger partial charge in [-0.3, -0.25) is 47.9 Å². The topological polar surface area (TPSA) is 582 Å². The van der Waals surface area contributed by atoms with Gasteiger partial charge in [0, 0.05) is 88.2 Å². The number of amides is 5. The zero-order valence-electron chi connectivity index (χ0n) is 59.1. The average Bonchev–Trinajstić information content (AvgIpc) is 0.863. The van der Waals surface area contributed by atoms with Gasteiger partial charge in [0.2, 0.25) is 11.8 Å². The zero-order chi connectivity index (χ0) is 80.4. The monoisotopic (exact) mass is 2200 g/mol. The van der Waals surface area contributed by atoms with Crippen LogP contribution >= 0.6 is 98.4 Å². The molecule has 0 radical (unpaired) electrons. The van der Waals surface area contributed by atoms with E-state index in [1.807, 2.05) is 0 Å². The first kappa shape index (κ1) is 113. The van der Waals surface area contributed by atoms with Crippen LogP contribution in [0, 0.1) is 0 Å². The van der Waals surface area contributed by atoms with Crippen molar-refractivity contribution in [1.82, 2.24) is 26.6 Å². The largest absolute Gasteiger partial charge is 0.481 e. The van der Waals surface area contributed by atoms with Gasteiger partial charge in [-0.15, -0.1) is 24.0 Å². The van der Waals surface area contributed by atoms with Gasteiger partial charge in [0.1, 0.15) is 16.8 Å². The third-order valence-electron chi connectivity index (χ3n) is 11.4. The number of halogens is 6. The molecule has 105 heavy (non-hydrogen) atoms. The Morgan fingerprint density at radius 3 is 0.886 bits per heavy atom. The number of methoxy groups -OCH3 is 7. The number of rotatable bonds is 48. The number of benzene rings is 1. The van der Waals surface area contributed by atoms with Crippen molar-refractivity contribution in [1.29, 1.82) is 0 Å². The molecule has 0 aliphatic carbocycles. The van der Waals surface area contributed by atoms with Gasteiger partial charge in [-0.25, -0.2) is 19.2 Å². The number of anilines is 1. The molecular formula is C59H100I6N7O33-. The maximum atomic E-state index is 12.7. The number of carbonyl (C=O) groups is 14. The van der Waals surface area contributed by atoms with E-state index >= 15 is 0 Å². The van der Waals surface area contributed by atoms with Gasteiger partial charge in [-0.05, 0) is 56.5 Å². The van der Waals surface area contributed by atoms with Crippen molar-refractivity contribution in [3.05, 3.63) is 24.3 Å². The fraction of sp³-hybridized carbons (Fsp3) is 0.661. The van der Waals surface area contributed by atoms with Crippen molar-refractivity contribution < 1.29 is 172 Å². The smallest absolute Gasteiger partial charge is 0.303 e. The Hall–Kier alpha value is -5.10. The number of carboxylic acid groups (broad SMARTS) is 5. The number of hydrogen-bond donors (Lipinski definition) is 12. The molecule has 0 heterocycles. The SMILES string of the molecule is COC(=O)CCOCC(COCCC(=O)OC)(COCCC(=O)OC)NC(=O)CCCNC(=O)OC.COC(=O)NCCCC(=O)NC(COCCC(=O)O)(COCCC(=O)O)COCCC(=O)O.COC(=O)NCCCC(=O)O.COC(=O)Oc1ccc(N)cc1.I.II.I[I-]I.NCCCC(=O)O. The predicted molar refractivity (Wildman–Crippen MR) is 411 cm³/mol. The fourth-order valence-electron chi connectivity index (χ4n) is 6.49. The van der Waals surface area contributed by atoms with Crippen molar-refractivity contribution >= 4 is 188 Å². The van der Waals surface area contributed by atoms with Crippen molar-refractivity contribution in [2.75, 3.05) is 161 Å². The van der Waals surface area contributed by atoms with E-state index in [0.29, 0.717) is 57.0 Å². The quantitative estimate of drug-likeness (QED) is 0.0110. The normalized spacial score (nSPS) is 9.94. The second-order valence-corrected chi connectivity index (χ2v) is 36.1. The summed E-state index contributed by atoms with van der Waals surface area (Å²) in [5.41, 5.74) is 8.51. The van der Waals surface area contributed by atoms with Crippen molar-refractivity contribution in [2.45, 2.75) is 101 Å². The molecule has 0 spiro atoms. The number of ether oxygens (including phenoxy) is 14. The number of nitrogen functional groups attached to an aromatic ring is 1. The van der Waals surface area contributed by atoms with Gasteiger partial charge in [-0.2, -0.15) is 0 Å². The molecule has 14 N–H and O–H groups in total. The number of carboxylic acids is 5. The van der Waals surface area contributed by atoms with E-state index in [1.54, 1.807) is 24.3 Å². The van der Waals surface area contributed by atoms with Crippen LogP contribution in [0.1, 0.15) is 89.9 Å². The Balaban J connectivity index is -0.000000250. The molecule has 5 amide bonds. The second-order valence-electron chi connectivity index (χ2n) is 19.8. The number of nitrogens with two attached hydrogens (primary N) is 2. The summed E-state index contributed by atoms with van der Waals surface area (Å²) in [7, 11) is 8.71. The molecule has 0 saturated heterocycles. The van der Waals surface area contributed by atoms with Crippen molar-refractivity contribution in [2.24, 2.45) is 5.73 Å². The minimum Gasteiger partial charge on any atom is -0.481 e. The summed E-state index contributed by atoms with van der Waals surface area (Å²) in [5.74, 6) is -6.73. The van der Waals surface area contributed by atoms with E-state index in [2.05, 4.69) is 134 Å². The summed E-state index contributed by atoms with van der Waals surface area (Å²) in [4.78, 5) is 154. The number of esters is 3. The van der Waals surface area contributed by atoms with Gasteiger partial charge < -0.3 is 130 Å². The molecular weight excluding hydrogens is 2100 g/mol. The molecule has 0 saturated carbocycles. The van der Waals surface area contributed by atoms with Gasteiger partial charge >= 0.3 is 123 Å². The van der Waals surface area contributed by atoms with E-state index in [9.17, 15) is 67.1 Å². The Morgan fingerprint density at radius 1 is 0.400 bits per heavy atom. The molecule has 1 rings (SSSR count). The third kappa shape index (κ3) is 82.8. The van der Waals surface area contributed by atoms with Crippen LogP contribution < -0.4 is 56.0 Å². The second kappa shape index (κ2) is 79.9.